The summed E-state index contributed by atoms with van der Waals surface area (Å²) in [4.78, 5) is 60.8. The molecule has 0 aromatic carbocycles. The summed E-state index contributed by atoms with van der Waals surface area (Å²) >= 11 is 0. The molecule has 0 aromatic heterocycles. The van der Waals surface area contributed by atoms with Crippen molar-refractivity contribution in [3.63, 3.8) is 0 Å². The maximum absolute atomic E-state index is 12.8. The molecule has 1 rings (SSSR count). The maximum Gasteiger partial charge on any atom is 0.472 e. The Morgan fingerprint density at radius 1 is 0.608 bits per heavy atom. The van der Waals surface area contributed by atoms with Gasteiger partial charge in [0, 0.05) is 38.4 Å². The first-order chi connectivity index (χ1) is 38.1. The van der Waals surface area contributed by atoms with Gasteiger partial charge in [0.05, 0.1) is 32.3 Å². The minimum Gasteiger partial charge on any atom is -0.465 e. The van der Waals surface area contributed by atoms with Crippen LogP contribution in [0.15, 0.2) is 83.1 Å². The number of nitrogens with one attached hydrogen (secondary N) is 2. The Morgan fingerprint density at radius 2 is 1.10 bits per heavy atom. The summed E-state index contributed by atoms with van der Waals surface area (Å²) in [5.41, 5.74) is 4.98. The second-order valence-electron chi connectivity index (χ2n) is 22.7. The Morgan fingerprint density at radius 3 is 1.61 bits per heavy atom. The first-order valence-corrected chi connectivity index (χ1v) is 32.8. The third kappa shape index (κ3) is 44.5. The first-order valence-electron chi connectivity index (χ1n) is 31.3. The van der Waals surface area contributed by atoms with Crippen LogP contribution >= 0.6 is 7.82 Å². The highest BCUT2D eigenvalue weighted by Gasteiger charge is 2.27. The van der Waals surface area contributed by atoms with Gasteiger partial charge in [0.15, 0.2) is 0 Å². The van der Waals surface area contributed by atoms with E-state index in [9.17, 15) is 28.6 Å². The average Bonchev–Trinajstić information content (AvgIpc) is 3.42. The van der Waals surface area contributed by atoms with Crippen molar-refractivity contribution in [3.05, 3.63) is 83.1 Å². The van der Waals surface area contributed by atoms with Crippen LogP contribution < -0.4 is 10.6 Å². The zero-order valence-electron chi connectivity index (χ0n) is 51.0. The van der Waals surface area contributed by atoms with Crippen LogP contribution in [-0.4, -0.2) is 68.2 Å². The lowest BCUT2D eigenvalue weighted by Crippen LogP contribution is -2.29. The van der Waals surface area contributed by atoms with Crippen LogP contribution in [0.3, 0.4) is 0 Å². The van der Waals surface area contributed by atoms with Gasteiger partial charge >= 0.3 is 19.8 Å². The number of phosphoric acid groups is 1. The van der Waals surface area contributed by atoms with Crippen LogP contribution in [0.1, 0.15) is 260 Å². The maximum atomic E-state index is 12.8. The number of hydrogen-bond donors (Lipinski definition) is 3. The Hall–Kier alpha value is -3.83. The highest BCUT2D eigenvalue weighted by Crippen LogP contribution is 2.43. The quantitative estimate of drug-likeness (QED) is 0.0133. The normalized spacial score (nSPS) is 15.1. The molecule has 2 amide bonds. The first kappa shape index (κ1) is 73.2. The number of carbonyl (C=O) groups is 4. The van der Waals surface area contributed by atoms with Gasteiger partial charge < -0.3 is 25.0 Å². The van der Waals surface area contributed by atoms with Gasteiger partial charge in [-0.3, -0.25) is 28.2 Å². The lowest BCUT2D eigenvalue weighted by molar-refractivity contribution is -0.150. The molecule has 1 aliphatic rings. The number of amides is 2. The van der Waals surface area contributed by atoms with Gasteiger partial charge in [-0.05, 0) is 127 Å². The van der Waals surface area contributed by atoms with Gasteiger partial charge in [-0.25, -0.2) is 4.57 Å². The third-order valence-corrected chi connectivity index (χ3v) is 15.4. The number of unbranched alkanes of at least 4 members (excludes halogenated alkanes) is 22. The molecular weight excluding hydrogens is 1010 g/mol. The van der Waals surface area contributed by atoms with Crippen LogP contribution in [0, 0.1) is 11.3 Å². The summed E-state index contributed by atoms with van der Waals surface area (Å²) in [5, 5.41) is 5.45. The summed E-state index contributed by atoms with van der Waals surface area (Å²) in [7, 11) is -4.58. The predicted octanol–water partition coefficient (Wildman–Crippen LogP) is 17.4. The van der Waals surface area contributed by atoms with Gasteiger partial charge in [0.2, 0.25) is 11.8 Å². The molecular formula is C66H113N2O10P. The molecule has 79 heavy (non-hydrogen) atoms. The molecule has 0 aromatic rings. The van der Waals surface area contributed by atoms with Gasteiger partial charge in [-0.2, -0.15) is 0 Å². The zero-order chi connectivity index (χ0) is 58.1. The summed E-state index contributed by atoms with van der Waals surface area (Å²) < 4.78 is 34.3. The Kier molecular flexibility index (Phi) is 45.2. The second-order valence-corrected chi connectivity index (χ2v) is 24.1. The highest BCUT2D eigenvalue weighted by atomic mass is 31.2. The van der Waals surface area contributed by atoms with E-state index in [1.165, 1.54) is 107 Å². The van der Waals surface area contributed by atoms with Crippen LogP contribution in [0.4, 0.5) is 0 Å². The summed E-state index contributed by atoms with van der Waals surface area (Å²) in [6.45, 7) is 14.5. The minimum atomic E-state index is -4.58. The van der Waals surface area contributed by atoms with Crippen molar-refractivity contribution in [2.45, 2.75) is 260 Å². The van der Waals surface area contributed by atoms with E-state index in [0.29, 0.717) is 25.8 Å². The van der Waals surface area contributed by atoms with Crippen molar-refractivity contribution < 1.29 is 47.2 Å². The summed E-state index contributed by atoms with van der Waals surface area (Å²) in [6, 6.07) is 0. The van der Waals surface area contributed by atoms with Gasteiger partial charge in [-0.15, -0.1) is 0 Å². The number of carbonyl (C=O) groups excluding carboxylic acids is 4. The molecule has 0 aliphatic heterocycles. The lowest BCUT2D eigenvalue weighted by atomic mass is 9.72. The number of rotatable bonds is 50. The topological polar surface area (TPSA) is 167 Å². The lowest BCUT2D eigenvalue weighted by Gasteiger charge is -2.32. The summed E-state index contributed by atoms with van der Waals surface area (Å²) in [6.07, 6.45) is 55.7. The molecule has 3 N–H and O–H groups in total. The van der Waals surface area contributed by atoms with Crippen LogP contribution in [0.25, 0.3) is 0 Å². The fourth-order valence-electron chi connectivity index (χ4n) is 9.47. The molecule has 0 saturated heterocycles. The Bertz CT molecular complexity index is 1860. The Balaban J connectivity index is 2.48. The second kappa shape index (κ2) is 48.8. The molecule has 0 fully saturated rings. The molecule has 0 heterocycles. The fraction of sp³-hybridized carbons (Fsp3) is 0.727. The smallest absolute Gasteiger partial charge is 0.465 e. The SMILES string of the molecule is CCCCCCCC/C=C\CCCCCCCC(=O)OCC(COC(=O)CCCCCCC/C=C\CCCCCCCC)COP(=O)(O)OCCNC(=O)CCCNC(=O)/C=C(C)/C=C/C=C(C)/C=C/C1=C(C)CCCC1(C)C. The van der Waals surface area contributed by atoms with E-state index < -0.39 is 13.7 Å². The molecule has 12 nitrogen and oxygen atoms in total. The van der Waals surface area contributed by atoms with Crippen molar-refractivity contribution in [3.8, 4) is 0 Å². The van der Waals surface area contributed by atoms with E-state index in [-0.39, 0.29) is 81.4 Å². The van der Waals surface area contributed by atoms with Crippen molar-refractivity contribution in [2.24, 2.45) is 11.3 Å². The van der Waals surface area contributed by atoms with E-state index in [1.54, 1.807) is 0 Å². The van der Waals surface area contributed by atoms with Gasteiger partial charge in [-0.1, -0.05) is 196 Å². The fourth-order valence-corrected chi connectivity index (χ4v) is 10.3. The van der Waals surface area contributed by atoms with Crippen molar-refractivity contribution in [1.29, 1.82) is 0 Å². The average molecular weight is 1130 g/mol. The molecule has 0 bridgehead atoms. The van der Waals surface area contributed by atoms with Crippen molar-refractivity contribution in [1.82, 2.24) is 10.6 Å². The molecule has 0 spiro atoms. The van der Waals surface area contributed by atoms with E-state index in [4.69, 9.17) is 18.5 Å². The number of esters is 2. The van der Waals surface area contributed by atoms with Crippen molar-refractivity contribution >= 4 is 31.6 Å². The Labute approximate surface area is 481 Å². The predicted molar refractivity (Wildman–Crippen MR) is 327 cm³/mol. The highest BCUT2D eigenvalue weighted by molar-refractivity contribution is 7.47. The van der Waals surface area contributed by atoms with Crippen LogP contribution in [0.2, 0.25) is 0 Å². The number of hydrogen-bond acceptors (Lipinski definition) is 9. The van der Waals surface area contributed by atoms with E-state index >= 15 is 0 Å². The standard InChI is InChI=1S/C66H113N2O10P/c1-8-10-12-14-16-18-20-22-24-26-28-30-32-34-36-45-64(71)75-54-60(55-76-65(72)46-37-35-33-31-29-27-25-23-21-19-17-15-13-11-9-2)56-78-79(73,74)77-52-51-68-62(69)44-40-50-67-63(70)53-58(4)42-38-41-57(3)47-48-61-59(5)43-39-49-66(61,6)7/h22-25,38,41-42,47-48,53,60H,8-21,26-37,39-40,43-46,49-52,54-56H2,1-7H3,(H,67,70)(H,68,69)(H,73,74)/b24-22-,25-23-,42-38+,48-47+,57-41+,58-53+. The number of phosphoric ester groups is 1. The van der Waals surface area contributed by atoms with E-state index in [2.05, 4.69) is 88.6 Å². The van der Waals surface area contributed by atoms with Gasteiger partial charge in [0.1, 0.15) is 0 Å². The monoisotopic (exact) mass is 1120 g/mol. The number of allylic oxidation sites excluding steroid dienone is 13. The van der Waals surface area contributed by atoms with Crippen LogP contribution in [0.5, 0.6) is 0 Å². The molecule has 1 unspecified atom stereocenters. The number of ether oxygens (including phenoxy) is 2. The molecule has 452 valence electrons. The molecule has 0 saturated carbocycles. The third-order valence-electron chi connectivity index (χ3n) is 14.4. The molecule has 13 heteroatoms. The van der Waals surface area contributed by atoms with E-state index in [1.807, 2.05) is 25.2 Å². The zero-order valence-corrected chi connectivity index (χ0v) is 51.9. The molecule has 1 atom stereocenters. The minimum absolute atomic E-state index is 0.0437. The van der Waals surface area contributed by atoms with Crippen molar-refractivity contribution in [2.75, 3.05) is 39.5 Å². The molecule has 0 radical (unpaired) electrons. The van der Waals surface area contributed by atoms with E-state index in [0.717, 1.165) is 94.6 Å². The van der Waals surface area contributed by atoms with Gasteiger partial charge in [0.25, 0.3) is 0 Å². The van der Waals surface area contributed by atoms with Crippen LogP contribution in [-0.2, 0) is 42.3 Å². The summed E-state index contributed by atoms with van der Waals surface area (Å²) in [5.74, 6) is -2.01. The largest absolute Gasteiger partial charge is 0.472 e. The molecule has 1 aliphatic carbocycles.